The van der Waals surface area contributed by atoms with Gasteiger partial charge < -0.3 is 14.7 Å². The molecule has 0 radical (unpaired) electrons. The molecule has 1 aliphatic rings. The van der Waals surface area contributed by atoms with Gasteiger partial charge in [-0.05, 0) is 49.0 Å². The van der Waals surface area contributed by atoms with Crippen LogP contribution in [0.3, 0.4) is 0 Å². The van der Waals surface area contributed by atoms with Crippen LogP contribution in [-0.2, 0) is 5.41 Å². The van der Waals surface area contributed by atoms with Crippen molar-refractivity contribution in [1.82, 2.24) is 4.90 Å². The number of aliphatic hydroxyl groups is 1. The number of benzene rings is 1. The standard InChI is InChI=1S/C17H27NO2/c1-17(2,3)14-6-8-16(9-7-14)20-13-15(19)12-18-10-4-5-11-18/h6-9,15,19H,4-5,10-13H2,1-3H3/t15-/m0/s1. The lowest BCUT2D eigenvalue weighted by molar-refractivity contribution is 0.0758. The van der Waals surface area contributed by atoms with Gasteiger partial charge in [-0.1, -0.05) is 32.9 Å². The van der Waals surface area contributed by atoms with Gasteiger partial charge in [-0.3, -0.25) is 0 Å². The number of rotatable bonds is 5. The predicted molar refractivity (Wildman–Crippen MR) is 82.3 cm³/mol. The fourth-order valence-electron chi connectivity index (χ4n) is 2.56. The molecule has 0 saturated carbocycles. The molecule has 2 rings (SSSR count). The highest BCUT2D eigenvalue weighted by Crippen LogP contribution is 2.24. The van der Waals surface area contributed by atoms with Gasteiger partial charge in [-0.15, -0.1) is 0 Å². The average molecular weight is 277 g/mol. The zero-order chi connectivity index (χ0) is 14.6. The Labute approximate surface area is 122 Å². The molecule has 1 saturated heterocycles. The van der Waals surface area contributed by atoms with Gasteiger partial charge in [0.15, 0.2) is 0 Å². The molecule has 1 aliphatic heterocycles. The van der Waals surface area contributed by atoms with Gasteiger partial charge in [0.2, 0.25) is 0 Å². The molecule has 20 heavy (non-hydrogen) atoms. The highest BCUT2D eigenvalue weighted by Gasteiger charge is 2.16. The monoisotopic (exact) mass is 277 g/mol. The maximum atomic E-state index is 9.99. The number of hydrogen-bond donors (Lipinski definition) is 1. The number of ether oxygens (including phenoxy) is 1. The van der Waals surface area contributed by atoms with E-state index in [9.17, 15) is 5.11 Å². The van der Waals surface area contributed by atoms with Crippen LogP contribution in [0, 0.1) is 0 Å². The number of likely N-dealkylation sites (tertiary alicyclic amines) is 1. The second kappa shape index (κ2) is 6.59. The first-order chi connectivity index (χ1) is 9.45. The van der Waals surface area contributed by atoms with Crippen LogP contribution in [0.15, 0.2) is 24.3 Å². The minimum atomic E-state index is -0.407. The topological polar surface area (TPSA) is 32.7 Å². The van der Waals surface area contributed by atoms with Crippen LogP contribution in [-0.4, -0.2) is 42.4 Å². The van der Waals surface area contributed by atoms with Crippen molar-refractivity contribution in [2.45, 2.75) is 45.1 Å². The van der Waals surface area contributed by atoms with E-state index < -0.39 is 6.10 Å². The number of β-amino-alcohol motifs (C(OH)–C–C–N with tert-alkyl or cyclic N) is 1. The normalized spacial score (nSPS) is 18.2. The third-order valence-electron chi connectivity index (χ3n) is 3.83. The van der Waals surface area contributed by atoms with E-state index in [-0.39, 0.29) is 5.41 Å². The van der Waals surface area contributed by atoms with Crippen LogP contribution in [0.1, 0.15) is 39.2 Å². The summed E-state index contributed by atoms with van der Waals surface area (Å²) in [6.45, 7) is 9.90. The third kappa shape index (κ3) is 4.50. The van der Waals surface area contributed by atoms with Gasteiger partial charge in [0.1, 0.15) is 18.5 Å². The van der Waals surface area contributed by atoms with Crippen LogP contribution in [0.25, 0.3) is 0 Å². The van der Waals surface area contributed by atoms with Crippen LogP contribution >= 0.6 is 0 Å². The van der Waals surface area contributed by atoms with E-state index in [1.54, 1.807) is 0 Å². The summed E-state index contributed by atoms with van der Waals surface area (Å²) in [6.07, 6.45) is 2.10. The van der Waals surface area contributed by atoms with Crippen molar-refractivity contribution >= 4 is 0 Å². The molecule has 0 spiro atoms. The van der Waals surface area contributed by atoms with Crippen LogP contribution in [0.5, 0.6) is 5.75 Å². The molecule has 1 atom stereocenters. The van der Waals surface area contributed by atoms with E-state index >= 15 is 0 Å². The summed E-state index contributed by atoms with van der Waals surface area (Å²) in [5.41, 5.74) is 1.45. The first kappa shape index (κ1) is 15.3. The maximum absolute atomic E-state index is 9.99. The number of hydrogen-bond acceptors (Lipinski definition) is 3. The van der Waals surface area contributed by atoms with E-state index in [1.165, 1.54) is 18.4 Å². The van der Waals surface area contributed by atoms with Crippen molar-refractivity contribution in [3.8, 4) is 5.75 Å². The van der Waals surface area contributed by atoms with E-state index in [2.05, 4.69) is 37.8 Å². The summed E-state index contributed by atoms with van der Waals surface area (Å²) in [7, 11) is 0. The lowest BCUT2D eigenvalue weighted by atomic mass is 9.87. The molecule has 0 amide bonds. The van der Waals surface area contributed by atoms with E-state index in [1.807, 2.05) is 12.1 Å². The highest BCUT2D eigenvalue weighted by molar-refractivity contribution is 5.31. The summed E-state index contributed by atoms with van der Waals surface area (Å²) < 4.78 is 5.67. The van der Waals surface area contributed by atoms with Crippen LogP contribution in [0.2, 0.25) is 0 Å². The Morgan fingerprint density at radius 3 is 2.30 bits per heavy atom. The third-order valence-corrected chi connectivity index (χ3v) is 3.83. The Balaban J connectivity index is 1.78. The van der Waals surface area contributed by atoms with Gasteiger partial charge >= 0.3 is 0 Å². The molecule has 1 N–H and O–H groups in total. The lowest BCUT2D eigenvalue weighted by Gasteiger charge is -2.21. The van der Waals surface area contributed by atoms with Gasteiger partial charge in [0, 0.05) is 6.54 Å². The van der Waals surface area contributed by atoms with Crippen molar-refractivity contribution in [2.24, 2.45) is 0 Å². The Bertz CT molecular complexity index is 402. The maximum Gasteiger partial charge on any atom is 0.119 e. The van der Waals surface area contributed by atoms with Gasteiger partial charge in [-0.25, -0.2) is 0 Å². The minimum Gasteiger partial charge on any atom is -0.491 e. The Morgan fingerprint density at radius 2 is 1.75 bits per heavy atom. The summed E-state index contributed by atoms with van der Waals surface area (Å²) in [4.78, 5) is 2.30. The van der Waals surface area contributed by atoms with Crippen molar-refractivity contribution in [3.05, 3.63) is 29.8 Å². The van der Waals surface area contributed by atoms with Crippen LogP contribution < -0.4 is 4.74 Å². The van der Waals surface area contributed by atoms with Gasteiger partial charge in [0.25, 0.3) is 0 Å². The molecule has 1 heterocycles. The fourth-order valence-corrected chi connectivity index (χ4v) is 2.56. The van der Waals surface area contributed by atoms with Crippen molar-refractivity contribution in [1.29, 1.82) is 0 Å². The lowest BCUT2D eigenvalue weighted by Crippen LogP contribution is -2.33. The molecule has 1 aromatic carbocycles. The SMILES string of the molecule is CC(C)(C)c1ccc(OC[C@@H](O)CN2CCCC2)cc1. The first-order valence-corrected chi connectivity index (χ1v) is 7.59. The number of nitrogens with zero attached hydrogens (tertiary/aromatic N) is 1. The van der Waals surface area contributed by atoms with Crippen LogP contribution in [0.4, 0.5) is 0 Å². The Morgan fingerprint density at radius 1 is 1.15 bits per heavy atom. The van der Waals surface area contributed by atoms with Crippen molar-refractivity contribution in [2.75, 3.05) is 26.2 Å². The Hall–Kier alpha value is -1.06. The molecule has 0 aliphatic carbocycles. The molecule has 0 unspecified atom stereocenters. The minimum absolute atomic E-state index is 0.161. The zero-order valence-electron chi connectivity index (χ0n) is 12.9. The van der Waals surface area contributed by atoms with E-state index in [0.29, 0.717) is 6.61 Å². The molecule has 112 valence electrons. The first-order valence-electron chi connectivity index (χ1n) is 7.59. The largest absolute Gasteiger partial charge is 0.491 e. The van der Waals surface area contributed by atoms with Crippen molar-refractivity contribution < 1.29 is 9.84 Å². The zero-order valence-corrected chi connectivity index (χ0v) is 12.9. The molecular formula is C17H27NO2. The van der Waals surface area contributed by atoms with Gasteiger partial charge in [0.05, 0.1) is 0 Å². The highest BCUT2D eigenvalue weighted by atomic mass is 16.5. The Kier molecular flexibility index (Phi) is 5.06. The molecule has 1 aromatic rings. The quantitative estimate of drug-likeness (QED) is 0.898. The van der Waals surface area contributed by atoms with E-state index in [0.717, 1.165) is 25.4 Å². The second-order valence-corrected chi connectivity index (χ2v) is 6.75. The fraction of sp³-hybridized carbons (Fsp3) is 0.647. The summed E-state index contributed by atoms with van der Waals surface area (Å²) in [5, 5.41) is 9.99. The number of aliphatic hydroxyl groups excluding tert-OH is 1. The van der Waals surface area contributed by atoms with Crippen molar-refractivity contribution in [3.63, 3.8) is 0 Å². The molecule has 0 aromatic heterocycles. The smallest absolute Gasteiger partial charge is 0.119 e. The summed E-state index contributed by atoms with van der Waals surface area (Å²) in [5.74, 6) is 0.832. The molecule has 0 bridgehead atoms. The second-order valence-electron chi connectivity index (χ2n) is 6.75. The van der Waals surface area contributed by atoms with E-state index in [4.69, 9.17) is 4.74 Å². The molecular weight excluding hydrogens is 250 g/mol. The predicted octanol–water partition coefficient (Wildman–Crippen LogP) is 2.82. The molecule has 3 nitrogen and oxygen atoms in total. The molecule has 3 heteroatoms. The average Bonchev–Trinajstić information content (AvgIpc) is 2.88. The summed E-state index contributed by atoms with van der Waals surface area (Å²) >= 11 is 0. The molecule has 1 fully saturated rings. The van der Waals surface area contributed by atoms with Gasteiger partial charge in [-0.2, -0.15) is 0 Å². The summed E-state index contributed by atoms with van der Waals surface area (Å²) in [6, 6.07) is 8.18.